The highest BCUT2D eigenvalue weighted by Gasteiger charge is 2.47. The van der Waals surface area contributed by atoms with Crippen molar-refractivity contribution in [2.24, 2.45) is 4.99 Å². The third-order valence-corrected chi connectivity index (χ3v) is 7.41. The average Bonchev–Trinajstić information content (AvgIpc) is 3.05. The molecule has 0 aromatic heterocycles. The number of aliphatic imine (C=N–C) groups is 1. The van der Waals surface area contributed by atoms with Crippen LogP contribution in [0.2, 0.25) is 0 Å². The molecule has 4 rings (SSSR count). The van der Waals surface area contributed by atoms with Crippen LogP contribution in [-0.4, -0.2) is 37.2 Å². The number of aryl methyl sites for hydroxylation is 1. The van der Waals surface area contributed by atoms with E-state index in [2.05, 4.69) is 11.1 Å². The van der Waals surface area contributed by atoms with E-state index in [4.69, 9.17) is 0 Å². The summed E-state index contributed by atoms with van der Waals surface area (Å²) >= 11 is 1.53. The van der Waals surface area contributed by atoms with Crippen LogP contribution < -0.4 is 4.90 Å². The average molecular weight is 391 g/mol. The van der Waals surface area contributed by atoms with Gasteiger partial charge in [0, 0.05) is 5.75 Å². The number of rotatable bonds is 3. The van der Waals surface area contributed by atoms with E-state index >= 15 is 0 Å². The Kier molecular flexibility index (Phi) is 4.52. The second-order valence-electron chi connectivity index (χ2n) is 6.72. The summed E-state index contributed by atoms with van der Waals surface area (Å²) in [6.07, 6.45) is 0. The molecular formula is C19H19FN2O2S2. The van der Waals surface area contributed by atoms with E-state index in [9.17, 15) is 12.8 Å². The molecule has 26 heavy (non-hydrogen) atoms. The number of amidine groups is 1. The molecule has 0 spiro atoms. The summed E-state index contributed by atoms with van der Waals surface area (Å²) in [5.74, 6) is 0.403. The largest absolute Gasteiger partial charge is 0.312 e. The van der Waals surface area contributed by atoms with Gasteiger partial charge in [0.2, 0.25) is 0 Å². The fourth-order valence-corrected chi connectivity index (χ4v) is 6.41. The van der Waals surface area contributed by atoms with Gasteiger partial charge in [-0.25, -0.2) is 12.8 Å². The number of para-hydroxylation sites is 1. The van der Waals surface area contributed by atoms with E-state index in [1.165, 1.54) is 23.4 Å². The maximum Gasteiger partial charge on any atom is 0.164 e. The monoisotopic (exact) mass is 390 g/mol. The standard InChI is InChI=1S/C19H19FN2O2S2/c1-13-5-4-6-14(9-13)10-25-19-21-16-11-26(23,24)12-18(16)22(19)17-8-3-2-7-15(17)20/h2-9,16,18H,10-12H2,1H3/t16-,18+/m1/s1. The minimum atomic E-state index is -3.14. The maximum atomic E-state index is 14.4. The van der Waals surface area contributed by atoms with Gasteiger partial charge >= 0.3 is 0 Å². The molecule has 0 saturated carbocycles. The van der Waals surface area contributed by atoms with Gasteiger partial charge in [0.1, 0.15) is 5.82 Å². The van der Waals surface area contributed by atoms with Crippen molar-refractivity contribution in [2.45, 2.75) is 24.8 Å². The van der Waals surface area contributed by atoms with Crippen molar-refractivity contribution < 1.29 is 12.8 Å². The first-order valence-electron chi connectivity index (χ1n) is 8.43. The van der Waals surface area contributed by atoms with Gasteiger partial charge in [0.25, 0.3) is 0 Å². The van der Waals surface area contributed by atoms with Crippen molar-refractivity contribution in [3.63, 3.8) is 0 Å². The van der Waals surface area contributed by atoms with Crippen molar-refractivity contribution in [2.75, 3.05) is 16.4 Å². The van der Waals surface area contributed by atoms with Crippen LogP contribution in [0.15, 0.2) is 53.5 Å². The number of halogens is 1. The molecule has 0 N–H and O–H groups in total. The maximum absolute atomic E-state index is 14.4. The summed E-state index contributed by atoms with van der Waals surface area (Å²) in [4.78, 5) is 6.42. The van der Waals surface area contributed by atoms with E-state index in [1.54, 1.807) is 23.1 Å². The number of nitrogens with zero attached hydrogens (tertiary/aromatic N) is 2. The first-order valence-corrected chi connectivity index (χ1v) is 11.2. The lowest BCUT2D eigenvalue weighted by Crippen LogP contribution is -2.39. The summed E-state index contributed by atoms with van der Waals surface area (Å²) in [5, 5.41) is 0.696. The van der Waals surface area contributed by atoms with Gasteiger partial charge in [0.15, 0.2) is 15.0 Å². The highest BCUT2D eigenvalue weighted by molar-refractivity contribution is 8.13. The first kappa shape index (κ1) is 17.5. The Labute approximate surface area is 157 Å². The Bertz CT molecular complexity index is 975. The van der Waals surface area contributed by atoms with Crippen molar-refractivity contribution in [3.8, 4) is 0 Å². The van der Waals surface area contributed by atoms with Gasteiger partial charge in [-0.3, -0.25) is 4.99 Å². The summed E-state index contributed by atoms with van der Waals surface area (Å²) in [6, 6.07) is 14.1. The molecule has 2 heterocycles. The molecule has 2 aliphatic rings. The summed E-state index contributed by atoms with van der Waals surface area (Å²) < 4.78 is 38.5. The Morgan fingerprint density at radius 3 is 2.77 bits per heavy atom. The van der Waals surface area contributed by atoms with Gasteiger partial charge in [0.05, 0.1) is 29.3 Å². The van der Waals surface area contributed by atoms with Gasteiger partial charge in [-0.2, -0.15) is 0 Å². The zero-order valence-corrected chi connectivity index (χ0v) is 15.9. The van der Waals surface area contributed by atoms with Crippen LogP contribution >= 0.6 is 11.8 Å². The Morgan fingerprint density at radius 2 is 2.00 bits per heavy atom. The third kappa shape index (κ3) is 3.38. The molecule has 2 aromatic rings. The third-order valence-electron chi connectivity index (χ3n) is 4.67. The van der Waals surface area contributed by atoms with Crippen LogP contribution in [0.3, 0.4) is 0 Å². The lowest BCUT2D eigenvalue weighted by molar-refractivity contribution is 0.600. The molecular weight excluding hydrogens is 371 g/mol. The highest BCUT2D eigenvalue weighted by atomic mass is 32.2. The van der Waals surface area contributed by atoms with Crippen LogP contribution in [0.5, 0.6) is 0 Å². The molecule has 7 heteroatoms. The second kappa shape index (κ2) is 6.70. The van der Waals surface area contributed by atoms with Crippen LogP contribution in [0.25, 0.3) is 0 Å². The summed E-state index contributed by atoms with van der Waals surface area (Å²) in [7, 11) is -3.14. The lowest BCUT2D eigenvalue weighted by atomic mass is 10.1. The fraction of sp³-hybridized carbons (Fsp3) is 0.316. The van der Waals surface area contributed by atoms with Crippen LogP contribution in [0, 0.1) is 12.7 Å². The smallest absolute Gasteiger partial charge is 0.164 e. The Balaban J connectivity index is 1.64. The zero-order chi connectivity index (χ0) is 18.3. The van der Waals surface area contributed by atoms with Crippen molar-refractivity contribution in [3.05, 3.63) is 65.5 Å². The van der Waals surface area contributed by atoms with E-state index in [0.717, 1.165) is 5.56 Å². The number of anilines is 1. The number of fused-ring (bicyclic) bond motifs is 1. The van der Waals surface area contributed by atoms with Gasteiger partial charge in [-0.15, -0.1) is 0 Å². The predicted molar refractivity (Wildman–Crippen MR) is 105 cm³/mol. The molecule has 136 valence electrons. The topological polar surface area (TPSA) is 49.7 Å². The summed E-state index contributed by atoms with van der Waals surface area (Å²) in [6.45, 7) is 2.04. The summed E-state index contributed by atoms with van der Waals surface area (Å²) in [5.41, 5.74) is 2.74. The number of hydrogen-bond donors (Lipinski definition) is 0. The number of hydrogen-bond acceptors (Lipinski definition) is 5. The molecule has 1 saturated heterocycles. The van der Waals surface area contributed by atoms with E-state index in [-0.39, 0.29) is 29.4 Å². The van der Waals surface area contributed by atoms with Crippen LogP contribution in [-0.2, 0) is 15.6 Å². The quantitative estimate of drug-likeness (QED) is 0.806. The number of benzene rings is 2. The second-order valence-corrected chi connectivity index (χ2v) is 9.82. The first-order chi connectivity index (χ1) is 12.4. The minimum absolute atomic E-state index is 0.0179. The van der Waals surface area contributed by atoms with Crippen molar-refractivity contribution in [1.82, 2.24) is 0 Å². The molecule has 2 aliphatic heterocycles. The highest BCUT2D eigenvalue weighted by Crippen LogP contribution is 2.36. The molecule has 2 aromatic carbocycles. The molecule has 0 unspecified atom stereocenters. The van der Waals surface area contributed by atoms with Crippen LogP contribution in [0.4, 0.5) is 10.1 Å². The van der Waals surface area contributed by atoms with Gasteiger partial charge < -0.3 is 4.90 Å². The molecule has 0 amide bonds. The molecule has 4 nitrogen and oxygen atoms in total. The molecule has 2 atom stereocenters. The lowest BCUT2D eigenvalue weighted by Gasteiger charge is -2.26. The van der Waals surface area contributed by atoms with E-state index in [1.807, 2.05) is 25.1 Å². The number of thioether (sulfide) groups is 1. The van der Waals surface area contributed by atoms with Crippen LogP contribution in [0.1, 0.15) is 11.1 Å². The minimum Gasteiger partial charge on any atom is -0.312 e. The van der Waals surface area contributed by atoms with Gasteiger partial charge in [-0.05, 0) is 24.6 Å². The number of sulfone groups is 1. The zero-order valence-electron chi connectivity index (χ0n) is 14.3. The predicted octanol–water partition coefficient (Wildman–Crippen LogP) is 3.41. The van der Waals surface area contributed by atoms with Crippen molar-refractivity contribution >= 4 is 32.5 Å². The van der Waals surface area contributed by atoms with E-state index < -0.39 is 9.84 Å². The molecule has 0 bridgehead atoms. The Hall–Kier alpha value is -1.86. The van der Waals surface area contributed by atoms with E-state index in [0.29, 0.717) is 16.6 Å². The molecule has 0 aliphatic carbocycles. The molecule has 0 radical (unpaired) electrons. The SMILES string of the molecule is Cc1cccc(CSC2=N[C@@H]3CS(=O)(=O)C[C@@H]3N2c2ccccc2F)c1. The van der Waals surface area contributed by atoms with Crippen molar-refractivity contribution in [1.29, 1.82) is 0 Å². The fourth-order valence-electron chi connectivity index (χ4n) is 3.51. The molecule has 1 fully saturated rings. The van der Waals surface area contributed by atoms with Gasteiger partial charge in [-0.1, -0.05) is 53.7 Å². The Morgan fingerprint density at radius 1 is 1.19 bits per heavy atom. The normalized spacial score (nSPS) is 23.8.